The number of aryl methyl sites for hydroxylation is 1. The largest absolute Gasteiger partial charge is 0.383 e. The molecule has 0 saturated heterocycles. The van der Waals surface area contributed by atoms with Crippen LogP contribution in [0.1, 0.15) is 72.6 Å². The summed E-state index contributed by atoms with van der Waals surface area (Å²) in [6, 6.07) is 11.8. The third kappa shape index (κ3) is 4.60. The number of para-hydroxylation sites is 1. The zero-order valence-electron chi connectivity index (χ0n) is 21.9. The molecule has 0 fully saturated rings. The number of carbonyl (C=O) groups excluding carboxylic acids is 1. The number of aliphatic hydroxyl groups is 1. The van der Waals surface area contributed by atoms with Crippen molar-refractivity contribution in [3.05, 3.63) is 64.1 Å². The molecule has 7 heteroatoms. The van der Waals surface area contributed by atoms with E-state index in [0.29, 0.717) is 10.6 Å². The lowest BCUT2D eigenvalue weighted by Crippen LogP contribution is -2.23. The monoisotopic (exact) mass is 500 g/mol. The standard InChI is InChI=1S/C29H32N4O2S/c1-8-11-19-12-10-13-21(17-34)25(19)33-24-16-20(26-18(3)30-28(36-26)29(4,5)35)14-15-22(24)31-27(33)23(9-2)32(6)7/h10,12-17,23,35H,9H2,1-7H3. The molecule has 0 bridgehead atoms. The predicted molar refractivity (Wildman–Crippen MR) is 147 cm³/mol. The second-order valence-corrected chi connectivity index (χ2v) is 10.6. The molecule has 186 valence electrons. The third-order valence-electron chi connectivity index (χ3n) is 6.25. The Morgan fingerprint density at radius 1 is 1.22 bits per heavy atom. The second kappa shape index (κ2) is 9.98. The first-order chi connectivity index (χ1) is 17.1. The Bertz CT molecular complexity index is 1500. The lowest BCUT2D eigenvalue weighted by atomic mass is 10.1. The number of fused-ring (bicyclic) bond motifs is 1. The molecular weight excluding hydrogens is 468 g/mol. The van der Waals surface area contributed by atoms with Crippen LogP contribution in [0.2, 0.25) is 0 Å². The Morgan fingerprint density at radius 3 is 2.56 bits per heavy atom. The Balaban J connectivity index is 2.08. The van der Waals surface area contributed by atoms with Crippen LogP contribution < -0.4 is 0 Å². The van der Waals surface area contributed by atoms with Crippen molar-refractivity contribution >= 4 is 28.7 Å². The van der Waals surface area contributed by atoms with E-state index in [1.165, 1.54) is 11.3 Å². The van der Waals surface area contributed by atoms with Crippen molar-refractivity contribution in [1.82, 2.24) is 19.4 Å². The van der Waals surface area contributed by atoms with Crippen molar-refractivity contribution in [1.29, 1.82) is 0 Å². The Kier molecular flexibility index (Phi) is 7.14. The molecule has 0 radical (unpaired) electrons. The van der Waals surface area contributed by atoms with Gasteiger partial charge in [0.1, 0.15) is 16.4 Å². The molecule has 36 heavy (non-hydrogen) atoms. The summed E-state index contributed by atoms with van der Waals surface area (Å²) in [6.45, 7) is 9.39. The fraction of sp³-hybridized carbons (Fsp3) is 0.345. The van der Waals surface area contributed by atoms with Crippen LogP contribution in [0, 0.1) is 18.8 Å². The van der Waals surface area contributed by atoms with Gasteiger partial charge in [0.15, 0.2) is 6.29 Å². The van der Waals surface area contributed by atoms with Crippen molar-refractivity contribution in [2.45, 2.75) is 52.7 Å². The number of imidazole rings is 1. The van der Waals surface area contributed by atoms with Gasteiger partial charge in [-0.1, -0.05) is 25.0 Å². The van der Waals surface area contributed by atoms with Crippen LogP contribution in [0.5, 0.6) is 0 Å². The summed E-state index contributed by atoms with van der Waals surface area (Å²) in [5.41, 5.74) is 4.68. The third-order valence-corrected chi connectivity index (χ3v) is 7.77. The smallest absolute Gasteiger partial charge is 0.152 e. The van der Waals surface area contributed by atoms with E-state index in [1.54, 1.807) is 20.8 Å². The van der Waals surface area contributed by atoms with Crippen molar-refractivity contribution < 1.29 is 9.90 Å². The molecule has 0 aliphatic rings. The van der Waals surface area contributed by atoms with E-state index in [1.807, 2.05) is 51.4 Å². The zero-order chi connectivity index (χ0) is 26.2. The van der Waals surface area contributed by atoms with E-state index in [4.69, 9.17) is 4.98 Å². The Labute approximate surface area is 216 Å². The average Bonchev–Trinajstić information content (AvgIpc) is 3.39. The zero-order valence-corrected chi connectivity index (χ0v) is 22.7. The molecule has 1 atom stereocenters. The van der Waals surface area contributed by atoms with Crippen LogP contribution in [0.4, 0.5) is 0 Å². The average molecular weight is 501 g/mol. The van der Waals surface area contributed by atoms with E-state index in [2.05, 4.69) is 39.3 Å². The number of nitrogens with zero attached hydrogens (tertiary/aromatic N) is 4. The van der Waals surface area contributed by atoms with Crippen LogP contribution in [0.25, 0.3) is 27.2 Å². The van der Waals surface area contributed by atoms with Crippen LogP contribution in [0.15, 0.2) is 36.4 Å². The summed E-state index contributed by atoms with van der Waals surface area (Å²) in [4.78, 5) is 25.1. The van der Waals surface area contributed by atoms with E-state index in [-0.39, 0.29) is 6.04 Å². The second-order valence-electron chi connectivity index (χ2n) is 9.63. The van der Waals surface area contributed by atoms with E-state index in [9.17, 15) is 9.90 Å². The van der Waals surface area contributed by atoms with Crippen molar-refractivity contribution in [2.24, 2.45) is 0 Å². The van der Waals surface area contributed by atoms with Crippen LogP contribution in [-0.4, -0.2) is 44.9 Å². The van der Waals surface area contributed by atoms with Crippen molar-refractivity contribution in [2.75, 3.05) is 14.1 Å². The molecule has 2 aromatic carbocycles. The fourth-order valence-corrected chi connectivity index (χ4v) is 5.60. The molecule has 2 aromatic heterocycles. The molecule has 4 rings (SSSR count). The number of hydrogen-bond donors (Lipinski definition) is 1. The van der Waals surface area contributed by atoms with Gasteiger partial charge in [-0.05, 0) is 78.0 Å². The number of aromatic nitrogens is 3. The van der Waals surface area contributed by atoms with E-state index in [0.717, 1.165) is 57.0 Å². The summed E-state index contributed by atoms with van der Waals surface area (Å²) in [7, 11) is 4.08. The molecule has 0 saturated carbocycles. The Morgan fingerprint density at radius 2 is 1.97 bits per heavy atom. The van der Waals surface area contributed by atoms with Crippen LogP contribution >= 0.6 is 11.3 Å². The molecule has 0 aliphatic heterocycles. The SMILES string of the molecule is CC#Cc1cccc(C=O)c1-n1c(C(CC)N(C)C)nc2ccc(-c3sc(C(C)(C)O)nc3C)cc21. The quantitative estimate of drug-likeness (QED) is 0.253. The molecule has 4 aromatic rings. The first-order valence-electron chi connectivity index (χ1n) is 12.0. The van der Waals surface area contributed by atoms with Gasteiger partial charge in [-0.2, -0.15) is 0 Å². The number of carbonyl (C=O) groups is 1. The molecular formula is C29H32N4O2S. The highest BCUT2D eigenvalue weighted by Gasteiger charge is 2.26. The minimum atomic E-state index is -1.01. The molecule has 0 spiro atoms. The van der Waals surface area contributed by atoms with Gasteiger partial charge >= 0.3 is 0 Å². The normalized spacial score (nSPS) is 12.6. The van der Waals surface area contributed by atoms with E-state index < -0.39 is 5.60 Å². The topological polar surface area (TPSA) is 71.2 Å². The maximum atomic E-state index is 12.2. The van der Waals surface area contributed by atoms with Gasteiger partial charge in [0, 0.05) is 11.1 Å². The highest BCUT2D eigenvalue weighted by molar-refractivity contribution is 7.15. The lowest BCUT2D eigenvalue weighted by molar-refractivity contribution is 0.0781. The van der Waals surface area contributed by atoms with Gasteiger partial charge in [-0.25, -0.2) is 9.97 Å². The number of hydrogen-bond acceptors (Lipinski definition) is 6. The summed E-state index contributed by atoms with van der Waals surface area (Å²) < 4.78 is 2.10. The minimum Gasteiger partial charge on any atom is -0.383 e. The van der Waals surface area contributed by atoms with Gasteiger partial charge in [0.2, 0.25) is 0 Å². The van der Waals surface area contributed by atoms with Gasteiger partial charge in [0.05, 0.1) is 33.3 Å². The van der Waals surface area contributed by atoms with Crippen LogP contribution in [0.3, 0.4) is 0 Å². The number of rotatable bonds is 7. The summed E-state index contributed by atoms with van der Waals surface area (Å²) in [5, 5.41) is 11.2. The molecule has 0 aliphatic carbocycles. The molecule has 2 heterocycles. The van der Waals surface area contributed by atoms with Crippen molar-refractivity contribution in [3.63, 3.8) is 0 Å². The van der Waals surface area contributed by atoms with Gasteiger partial charge in [-0.15, -0.1) is 17.3 Å². The fourth-order valence-electron chi connectivity index (χ4n) is 4.54. The summed E-state index contributed by atoms with van der Waals surface area (Å²) in [6.07, 6.45) is 1.74. The van der Waals surface area contributed by atoms with Gasteiger partial charge in [-0.3, -0.25) is 14.3 Å². The molecule has 1 N–H and O–H groups in total. The number of benzene rings is 2. The number of thiazole rings is 1. The minimum absolute atomic E-state index is 0.0370. The van der Waals surface area contributed by atoms with Gasteiger partial charge < -0.3 is 5.11 Å². The highest BCUT2D eigenvalue weighted by Crippen LogP contribution is 2.38. The summed E-state index contributed by atoms with van der Waals surface area (Å²) >= 11 is 1.49. The highest BCUT2D eigenvalue weighted by atomic mass is 32.1. The molecule has 1 unspecified atom stereocenters. The molecule has 0 amide bonds. The van der Waals surface area contributed by atoms with Crippen molar-refractivity contribution in [3.8, 4) is 28.0 Å². The maximum absolute atomic E-state index is 12.2. The molecule has 6 nitrogen and oxygen atoms in total. The van der Waals surface area contributed by atoms with Crippen LogP contribution in [-0.2, 0) is 5.60 Å². The first-order valence-corrected chi connectivity index (χ1v) is 12.8. The lowest BCUT2D eigenvalue weighted by Gasteiger charge is -2.24. The summed E-state index contributed by atoms with van der Waals surface area (Å²) in [5.74, 6) is 7.04. The Hall–Kier alpha value is -3.31. The maximum Gasteiger partial charge on any atom is 0.152 e. The van der Waals surface area contributed by atoms with Gasteiger partial charge in [0.25, 0.3) is 0 Å². The van der Waals surface area contributed by atoms with E-state index >= 15 is 0 Å². The predicted octanol–water partition coefficient (Wildman–Crippen LogP) is 5.88. The number of aldehydes is 1. The first kappa shape index (κ1) is 25.8.